The largest absolute Gasteiger partial charge is 0.391 e. The van der Waals surface area contributed by atoms with Crippen molar-refractivity contribution in [3.63, 3.8) is 0 Å². The Labute approximate surface area is 162 Å². The van der Waals surface area contributed by atoms with Gasteiger partial charge in [0.25, 0.3) is 5.91 Å². The SMILES string of the molecule is Cc1ccc(C(=O)N2CCC(Cc3ccccc3CN)[C@H](O)C2)c(Br)n1. The van der Waals surface area contributed by atoms with Gasteiger partial charge in [0.05, 0.1) is 11.7 Å². The third kappa shape index (κ3) is 4.14. The molecule has 1 saturated heterocycles. The van der Waals surface area contributed by atoms with Crippen LogP contribution in [0.15, 0.2) is 41.0 Å². The maximum absolute atomic E-state index is 12.8. The van der Waals surface area contributed by atoms with Gasteiger partial charge in [-0.15, -0.1) is 0 Å². The Kier molecular flexibility index (Phi) is 6.06. The predicted molar refractivity (Wildman–Crippen MR) is 105 cm³/mol. The number of carbonyl (C=O) groups is 1. The highest BCUT2D eigenvalue weighted by atomic mass is 79.9. The Morgan fingerprint density at radius 2 is 2.04 bits per heavy atom. The van der Waals surface area contributed by atoms with Crippen LogP contribution < -0.4 is 5.73 Å². The summed E-state index contributed by atoms with van der Waals surface area (Å²) in [5.41, 5.74) is 9.51. The average Bonchev–Trinajstić information content (AvgIpc) is 2.63. The molecule has 1 aliphatic heterocycles. The lowest BCUT2D eigenvalue weighted by atomic mass is 9.86. The minimum atomic E-state index is -0.546. The van der Waals surface area contributed by atoms with Gasteiger partial charge in [-0.1, -0.05) is 24.3 Å². The van der Waals surface area contributed by atoms with Crippen LogP contribution in [0.1, 0.15) is 33.6 Å². The first-order valence-corrected chi connectivity index (χ1v) is 9.66. The summed E-state index contributed by atoms with van der Waals surface area (Å²) in [6.45, 7) is 3.35. The predicted octanol–water partition coefficient (Wildman–Crippen LogP) is 2.68. The van der Waals surface area contributed by atoms with E-state index in [9.17, 15) is 9.90 Å². The number of rotatable bonds is 4. The number of aliphatic hydroxyl groups excluding tert-OH is 1. The first-order chi connectivity index (χ1) is 12.5. The number of nitrogens with zero attached hydrogens (tertiary/aromatic N) is 2. The molecule has 1 amide bonds. The van der Waals surface area contributed by atoms with Gasteiger partial charge in [0.15, 0.2) is 0 Å². The van der Waals surface area contributed by atoms with E-state index in [-0.39, 0.29) is 11.8 Å². The second kappa shape index (κ2) is 8.29. The average molecular weight is 418 g/mol. The lowest BCUT2D eigenvalue weighted by Crippen LogP contribution is -2.47. The molecule has 5 nitrogen and oxygen atoms in total. The summed E-state index contributed by atoms with van der Waals surface area (Å²) in [7, 11) is 0. The van der Waals surface area contributed by atoms with Gasteiger partial charge in [-0.3, -0.25) is 4.79 Å². The number of carbonyl (C=O) groups excluding carboxylic acids is 1. The van der Waals surface area contributed by atoms with E-state index in [0.29, 0.717) is 29.8 Å². The zero-order chi connectivity index (χ0) is 18.7. The number of amides is 1. The van der Waals surface area contributed by atoms with E-state index < -0.39 is 6.10 Å². The van der Waals surface area contributed by atoms with Crippen molar-refractivity contribution >= 4 is 21.8 Å². The molecular weight excluding hydrogens is 394 g/mol. The summed E-state index contributed by atoms with van der Waals surface area (Å²) in [5, 5.41) is 10.6. The number of benzene rings is 1. The van der Waals surface area contributed by atoms with Crippen molar-refractivity contribution in [3.05, 3.63) is 63.4 Å². The second-order valence-electron chi connectivity index (χ2n) is 6.84. The van der Waals surface area contributed by atoms with Crippen LogP contribution in [0, 0.1) is 12.8 Å². The number of nitrogens with two attached hydrogens (primary N) is 1. The van der Waals surface area contributed by atoms with Crippen LogP contribution >= 0.6 is 15.9 Å². The number of β-amino-alcohol motifs (C(OH)–C–C–N with tert-alkyl or cyclic N) is 1. The van der Waals surface area contributed by atoms with Gasteiger partial charge in [0.1, 0.15) is 4.60 Å². The Morgan fingerprint density at radius 3 is 2.69 bits per heavy atom. The lowest BCUT2D eigenvalue weighted by molar-refractivity contribution is 0.0196. The van der Waals surface area contributed by atoms with E-state index in [0.717, 1.165) is 24.1 Å². The van der Waals surface area contributed by atoms with Crippen molar-refractivity contribution in [3.8, 4) is 0 Å². The van der Waals surface area contributed by atoms with Crippen molar-refractivity contribution in [1.82, 2.24) is 9.88 Å². The molecule has 0 spiro atoms. The highest BCUT2D eigenvalue weighted by molar-refractivity contribution is 9.10. The molecule has 1 aromatic carbocycles. The second-order valence-corrected chi connectivity index (χ2v) is 7.59. The number of aromatic nitrogens is 1. The first kappa shape index (κ1) is 19.0. The molecule has 1 aliphatic rings. The summed E-state index contributed by atoms with van der Waals surface area (Å²) >= 11 is 3.37. The number of pyridine rings is 1. The van der Waals surface area contributed by atoms with Gasteiger partial charge in [-0.2, -0.15) is 0 Å². The number of aryl methyl sites for hydroxylation is 1. The first-order valence-electron chi connectivity index (χ1n) is 8.87. The molecule has 1 aromatic heterocycles. The smallest absolute Gasteiger partial charge is 0.256 e. The fourth-order valence-corrected chi connectivity index (χ4v) is 4.08. The fourth-order valence-electron chi connectivity index (χ4n) is 3.50. The molecule has 0 aliphatic carbocycles. The number of aliphatic hydroxyl groups is 1. The maximum atomic E-state index is 12.8. The molecule has 3 N–H and O–H groups in total. The minimum absolute atomic E-state index is 0.0933. The molecule has 0 bridgehead atoms. The molecule has 0 radical (unpaired) electrons. The van der Waals surface area contributed by atoms with Crippen molar-refractivity contribution in [1.29, 1.82) is 0 Å². The zero-order valence-corrected chi connectivity index (χ0v) is 16.4. The molecule has 2 aromatic rings. The number of halogens is 1. The Morgan fingerprint density at radius 1 is 1.31 bits per heavy atom. The van der Waals surface area contributed by atoms with Gasteiger partial charge < -0.3 is 15.7 Å². The normalized spacial score (nSPS) is 20.2. The monoisotopic (exact) mass is 417 g/mol. The highest BCUT2D eigenvalue weighted by Crippen LogP contribution is 2.26. The van der Waals surface area contributed by atoms with Crippen LogP contribution in [-0.2, 0) is 13.0 Å². The van der Waals surface area contributed by atoms with E-state index in [1.54, 1.807) is 11.0 Å². The van der Waals surface area contributed by atoms with Gasteiger partial charge >= 0.3 is 0 Å². The quantitative estimate of drug-likeness (QED) is 0.749. The standard InChI is InChI=1S/C20H24BrN3O2/c1-13-6-7-17(19(21)23-13)20(26)24-9-8-15(18(25)12-24)10-14-4-2-3-5-16(14)11-22/h2-7,15,18,25H,8-12,22H2,1H3/t15?,18-/m1/s1. The number of hydrogen-bond acceptors (Lipinski definition) is 4. The third-order valence-electron chi connectivity index (χ3n) is 5.05. The van der Waals surface area contributed by atoms with E-state index in [4.69, 9.17) is 5.73 Å². The molecule has 0 saturated carbocycles. The van der Waals surface area contributed by atoms with Gasteiger partial charge in [-0.25, -0.2) is 4.98 Å². The van der Waals surface area contributed by atoms with Crippen LogP contribution in [0.4, 0.5) is 0 Å². The van der Waals surface area contributed by atoms with E-state index >= 15 is 0 Å². The molecule has 26 heavy (non-hydrogen) atoms. The number of hydrogen-bond donors (Lipinski definition) is 2. The highest BCUT2D eigenvalue weighted by Gasteiger charge is 2.31. The molecule has 1 fully saturated rings. The van der Waals surface area contributed by atoms with E-state index in [2.05, 4.69) is 27.0 Å². The Balaban J connectivity index is 1.67. The molecule has 1 unspecified atom stereocenters. The molecule has 3 rings (SSSR count). The lowest BCUT2D eigenvalue weighted by Gasteiger charge is -2.36. The van der Waals surface area contributed by atoms with Crippen molar-refractivity contribution in [2.24, 2.45) is 11.7 Å². The Bertz CT molecular complexity index is 796. The van der Waals surface area contributed by atoms with Crippen LogP contribution in [0.25, 0.3) is 0 Å². The molecule has 6 heteroatoms. The molecule has 138 valence electrons. The number of piperidine rings is 1. The third-order valence-corrected chi connectivity index (χ3v) is 5.65. The van der Waals surface area contributed by atoms with Crippen molar-refractivity contribution in [2.75, 3.05) is 13.1 Å². The topological polar surface area (TPSA) is 79.5 Å². The summed E-state index contributed by atoms with van der Waals surface area (Å²) in [6.07, 6.45) is 1.01. The van der Waals surface area contributed by atoms with Crippen LogP contribution in [0.5, 0.6) is 0 Å². The summed E-state index contributed by atoms with van der Waals surface area (Å²) in [5.74, 6) is 0.0376. The Hall–Kier alpha value is -1.76. The molecule has 2 heterocycles. The van der Waals surface area contributed by atoms with Crippen molar-refractivity contribution < 1.29 is 9.90 Å². The van der Waals surface area contributed by atoms with Crippen molar-refractivity contribution in [2.45, 2.75) is 32.4 Å². The van der Waals surface area contributed by atoms with Crippen LogP contribution in [-0.4, -0.2) is 40.1 Å². The van der Waals surface area contributed by atoms with Crippen LogP contribution in [0.2, 0.25) is 0 Å². The number of likely N-dealkylation sites (tertiary alicyclic amines) is 1. The summed E-state index contributed by atoms with van der Waals surface area (Å²) in [6, 6.07) is 11.7. The minimum Gasteiger partial charge on any atom is -0.391 e. The van der Waals surface area contributed by atoms with E-state index in [1.165, 1.54) is 5.56 Å². The molecular formula is C20H24BrN3O2. The van der Waals surface area contributed by atoms with E-state index in [1.807, 2.05) is 31.2 Å². The summed E-state index contributed by atoms with van der Waals surface area (Å²) < 4.78 is 0.552. The van der Waals surface area contributed by atoms with Gasteiger partial charge in [0, 0.05) is 25.3 Å². The fraction of sp³-hybridized carbons (Fsp3) is 0.400. The van der Waals surface area contributed by atoms with Gasteiger partial charge in [-0.05, 0) is 64.9 Å². The summed E-state index contributed by atoms with van der Waals surface area (Å²) in [4.78, 5) is 18.8. The zero-order valence-electron chi connectivity index (χ0n) is 14.9. The van der Waals surface area contributed by atoms with Crippen LogP contribution in [0.3, 0.4) is 0 Å². The maximum Gasteiger partial charge on any atom is 0.256 e. The molecule has 2 atom stereocenters. The van der Waals surface area contributed by atoms with Gasteiger partial charge in [0.2, 0.25) is 0 Å².